The average molecular weight is 430 g/mol. The zero-order valence-electron chi connectivity index (χ0n) is 16.8. The van der Waals surface area contributed by atoms with Crippen molar-refractivity contribution in [2.75, 3.05) is 0 Å². The molecule has 2 aromatic carbocycles. The second kappa shape index (κ2) is 7.31. The topological polar surface area (TPSA) is 47.2 Å². The Kier molecular flexibility index (Phi) is 4.60. The van der Waals surface area contributed by atoms with Gasteiger partial charge < -0.3 is 4.57 Å². The van der Waals surface area contributed by atoms with Crippen molar-refractivity contribution in [3.05, 3.63) is 81.5 Å². The van der Waals surface area contributed by atoms with Gasteiger partial charge in [0.25, 0.3) is 5.91 Å². The molecule has 5 rings (SSSR count). The molecule has 4 nitrogen and oxygen atoms in total. The van der Waals surface area contributed by atoms with E-state index in [1.54, 1.807) is 22.7 Å². The number of aryl methyl sites for hydroxylation is 3. The van der Waals surface area contributed by atoms with Crippen molar-refractivity contribution in [3.63, 3.8) is 0 Å². The minimum atomic E-state index is -0.246. The van der Waals surface area contributed by atoms with Gasteiger partial charge >= 0.3 is 0 Å². The largest absolute Gasteiger partial charge is 0.319 e. The molecule has 0 unspecified atom stereocenters. The van der Waals surface area contributed by atoms with Gasteiger partial charge in [0, 0.05) is 12.4 Å². The van der Waals surface area contributed by atoms with Gasteiger partial charge in [-0.1, -0.05) is 47.7 Å². The predicted octanol–water partition coefficient (Wildman–Crippen LogP) is 5.87. The Hall–Kier alpha value is -3.09. The van der Waals surface area contributed by atoms with Gasteiger partial charge in [-0.3, -0.25) is 4.79 Å². The second-order valence-electron chi connectivity index (χ2n) is 7.29. The standard InChI is InChI=1S/C24H19N3OS2/c1-14-10-11-15(2)22-21(14)27(3)24(30-22)26-23(28)17-13-19(20-9-6-12-29-20)25-18-8-5-4-7-16(17)18/h4-13H,1-3H3. The first kappa shape index (κ1) is 18.9. The molecule has 0 saturated carbocycles. The van der Waals surface area contributed by atoms with Crippen LogP contribution in [0, 0.1) is 13.8 Å². The Morgan fingerprint density at radius 2 is 1.83 bits per heavy atom. The molecular formula is C24H19N3OS2. The molecule has 0 atom stereocenters. The van der Waals surface area contributed by atoms with Crippen molar-refractivity contribution in [2.24, 2.45) is 12.0 Å². The first-order chi connectivity index (χ1) is 14.5. The lowest BCUT2D eigenvalue weighted by molar-refractivity contribution is 0.0999. The number of para-hydroxylation sites is 1. The number of nitrogens with zero attached hydrogens (tertiary/aromatic N) is 3. The van der Waals surface area contributed by atoms with Gasteiger partial charge in [0.15, 0.2) is 4.80 Å². The minimum absolute atomic E-state index is 0.246. The molecule has 6 heteroatoms. The average Bonchev–Trinajstić information content (AvgIpc) is 3.39. The second-order valence-corrected chi connectivity index (χ2v) is 9.21. The summed E-state index contributed by atoms with van der Waals surface area (Å²) in [7, 11) is 1.97. The van der Waals surface area contributed by atoms with Crippen LogP contribution in [-0.4, -0.2) is 15.5 Å². The molecule has 5 aromatic rings. The summed E-state index contributed by atoms with van der Waals surface area (Å²) in [6, 6.07) is 17.8. The first-order valence-electron chi connectivity index (χ1n) is 9.61. The van der Waals surface area contributed by atoms with Crippen molar-refractivity contribution < 1.29 is 4.79 Å². The summed E-state index contributed by atoms with van der Waals surface area (Å²) < 4.78 is 3.19. The molecule has 0 fully saturated rings. The number of aromatic nitrogens is 2. The highest BCUT2D eigenvalue weighted by atomic mass is 32.1. The van der Waals surface area contributed by atoms with Crippen LogP contribution in [0.1, 0.15) is 21.5 Å². The molecule has 0 aliphatic heterocycles. The van der Waals surface area contributed by atoms with Gasteiger partial charge in [-0.2, -0.15) is 4.99 Å². The Morgan fingerprint density at radius 3 is 2.60 bits per heavy atom. The number of benzene rings is 2. The van der Waals surface area contributed by atoms with E-state index >= 15 is 0 Å². The maximum absolute atomic E-state index is 13.4. The molecule has 148 valence electrons. The van der Waals surface area contributed by atoms with Crippen LogP contribution in [0.5, 0.6) is 0 Å². The number of carbonyl (C=O) groups excluding carboxylic acids is 1. The number of fused-ring (bicyclic) bond motifs is 2. The van der Waals surface area contributed by atoms with Crippen LogP contribution in [0.4, 0.5) is 0 Å². The Bertz CT molecular complexity index is 1490. The van der Waals surface area contributed by atoms with E-state index in [0.29, 0.717) is 10.4 Å². The van der Waals surface area contributed by atoms with E-state index in [2.05, 4.69) is 31.0 Å². The third-order valence-electron chi connectivity index (χ3n) is 5.26. The normalized spacial score (nSPS) is 12.2. The third-order valence-corrected chi connectivity index (χ3v) is 7.42. The number of rotatable bonds is 2. The fourth-order valence-electron chi connectivity index (χ4n) is 3.72. The predicted molar refractivity (Wildman–Crippen MR) is 125 cm³/mol. The number of carbonyl (C=O) groups is 1. The summed E-state index contributed by atoms with van der Waals surface area (Å²) in [5.41, 5.74) is 5.68. The smallest absolute Gasteiger partial charge is 0.280 e. The number of amides is 1. The molecule has 0 radical (unpaired) electrons. The zero-order chi connectivity index (χ0) is 20.8. The molecule has 0 N–H and O–H groups in total. The van der Waals surface area contributed by atoms with Crippen LogP contribution in [-0.2, 0) is 7.05 Å². The quantitative estimate of drug-likeness (QED) is 0.352. The fraction of sp³-hybridized carbons (Fsp3) is 0.125. The van der Waals surface area contributed by atoms with Crippen LogP contribution < -0.4 is 4.80 Å². The van der Waals surface area contributed by atoms with Crippen molar-refractivity contribution in [1.82, 2.24) is 9.55 Å². The molecule has 3 heterocycles. The summed E-state index contributed by atoms with van der Waals surface area (Å²) in [5, 5.41) is 2.84. The van der Waals surface area contributed by atoms with E-state index in [0.717, 1.165) is 27.0 Å². The van der Waals surface area contributed by atoms with Crippen LogP contribution in [0.25, 0.3) is 31.7 Å². The summed E-state index contributed by atoms with van der Waals surface area (Å²) in [5.74, 6) is -0.246. The maximum Gasteiger partial charge on any atom is 0.280 e. The fourth-order valence-corrected chi connectivity index (χ4v) is 5.57. The van der Waals surface area contributed by atoms with Crippen molar-refractivity contribution in [2.45, 2.75) is 13.8 Å². The van der Waals surface area contributed by atoms with Crippen LogP contribution >= 0.6 is 22.7 Å². The summed E-state index contributed by atoms with van der Waals surface area (Å²) in [4.78, 5) is 24.4. The van der Waals surface area contributed by atoms with E-state index in [9.17, 15) is 4.79 Å². The first-order valence-corrected chi connectivity index (χ1v) is 11.3. The van der Waals surface area contributed by atoms with Crippen LogP contribution in [0.3, 0.4) is 0 Å². The number of pyridine rings is 1. The molecule has 0 aliphatic rings. The molecule has 1 amide bonds. The zero-order valence-corrected chi connectivity index (χ0v) is 18.5. The maximum atomic E-state index is 13.4. The highest BCUT2D eigenvalue weighted by Crippen LogP contribution is 2.28. The minimum Gasteiger partial charge on any atom is -0.319 e. The summed E-state index contributed by atoms with van der Waals surface area (Å²) in [6.07, 6.45) is 0. The summed E-state index contributed by atoms with van der Waals surface area (Å²) in [6.45, 7) is 4.18. The van der Waals surface area contributed by atoms with Gasteiger partial charge in [0.1, 0.15) is 0 Å². The molecule has 3 aromatic heterocycles. The highest BCUT2D eigenvalue weighted by molar-refractivity contribution is 7.16. The van der Waals surface area contributed by atoms with E-state index in [1.807, 2.05) is 59.5 Å². The van der Waals surface area contributed by atoms with E-state index in [-0.39, 0.29) is 5.91 Å². The van der Waals surface area contributed by atoms with Crippen molar-refractivity contribution in [3.8, 4) is 10.6 Å². The van der Waals surface area contributed by atoms with Crippen LogP contribution in [0.2, 0.25) is 0 Å². The van der Waals surface area contributed by atoms with Crippen LogP contribution in [0.15, 0.2) is 65.0 Å². The molecule has 0 bridgehead atoms. The lowest BCUT2D eigenvalue weighted by Gasteiger charge is -2.06. The number of hydrogen-bond donors (Lipinski definition) is 0. The van der Waals surface area contributed by atoms with Gasteiger partial charge in [0.2, 0.25) is 0 Å². The monoisotopic (exact) mass is 429 g/mol. The van der Waals surface area contributed by atoms with Gasteiger partial charge in [-0.05, 0) is 48.6 Å². The Labute approximate surface area is 181 Å². The lowest BCUT2D eigenvalue weighted by atomic mass is 10.1. The number of thiophene rings is 1. The van der Waals surface area contributed by atoms with Gasteiger partial charge in [-0.25, -0.2) is 4.98 Å². The number of hydrogen-bond acceptors (Lipinski definition) is 4. The Morgan fingerprint density at radius 1 is 1.03 bits per heavy atom. The molecule has 0 saturated heterocycles. The molecule has 0 aliphatic carbocycles. The van der Waals surface area contributed by atoms with E-state index in [4.69, 9.17) is 4.98 Å². The highest BCUT2D eigenvalue weighted by Gasteiger charge is 2.15. The van der Waals surface area contributed by atoms with Gasteiger partial charge in [-0.15, -0.1) is 11.3 Å². The lowest BCUT2D eigenvalue weighted by Crippen LogP contribution is -2.14. The summed E-state index contributed by atoms with van der Waals surface area (Å²) >= 11 is 3.17. The van der Waals surface area contributed by atoms with E-state index in [1.165, 1.54) is 15.8 Å². The SMILES string of the molecule is Cc1ccc(C)c2c1sc(=NC(=O)c1cc(-c3cccs3)nc3ccccc13)n2C. The van der Waals surface area contributed by atoms with Gasteiger partial charge in [0.05, 0.1) is 31.9 Å². The molecule has 0 spiro atoms. The third kappa shape index (κ3) is 3.09. The molecular weight excluding hydrogens is 410 g/mol. The molecule has 30 heavy (non-hydrogen) atoms. The number of thiazole rings is 1. The Balaban J connectivity index is 1.73. The van der Waals surface area contributed by atoms with E-state index < -0.39 is 0 Å². The van der Waals surface area contributed by atoms with Crippen molar-refractivity contribution in [1.29, 1.82) is 0 Å². The van der Waals surface area contributed by atoms with Crippen molar-refractivity contribution >= 4 is 49.7 Å².